The van der Waals surface area contributed by atoms with Crippen LogP contribution in [0.4, 0.5) is 0 Å². The first-order chi connectivity index (χ1) is 14.0. The Bertz CT molecular complexity index is 734. The van der Waals surface area contributed by atoms with Crippen LogP contribution in [0.3, 0.4) is 0 Å². The van der Waals surface area contributed by atoms with Crippen molar-refractivity contribution >= 4 is 5.91 Å². The Morgan fingerprint density at radius 1 is 1.28 bits per heavy atom. The number of likely N-dealkylation sites (tertiary alicyclic amines) is 1. The summed E-state index contributed by atoms with van der Waals surface area (Å²) in [6.45, 7) is 8.00. The van der Waals surface area contributed by atoms with Gasteiger partial charge in [-0.25, -0.2) is 0 Å². The van der Waals surface area contributed by atoms with Crippen LogP contribution in [0.15, 0.2) is 17.1 Å². The molecule has 2 aliphatic rings. The van der Waals surface area contributed by atoms with Crippen LogP contribution in [0.2, 0.25) is 0 Å². The first-order valence-corrected chi connectivity index (χ1v) is 11.0. The summed E-state index contributed by atoms with van der Waals surface area (Å²) in [6.07, 6.45) is 6.12. The number of aromatic nitrogens is 1. The van der Waals surface area contributed by atoms with Gasteiger partial charge in [-0.05, 0) is 82.3 Å². The molecule has 162 valence electrons. The molecule has 2 fully saturated rings. The Hall–Kier alpha value is -1.70. The van der Waals surface area contributed by atoms with Crippen molar-refractivity contribution in [1.29, 1.82) is 0 Å². The van der Waals surface area contributed by atoms with Gasteiger partial charge in [0, 0.05) is 32.9 Å². The average molecular weight is 405 g/mol. The van der Waals surface area contributed by atoms with Crippen molar-refractivity contribution in [2.24, 2.45) is 11.8 Å². The van der Waals surface area contributed by atoms with Crippen LogP contribution in [0.5, 0.6) is 0 Å². The number of aryl methyl sites for hydroxylation is 1. The maximum atomic E-state index is 13.1. The van der Waals surface area contributed by atoms with E-state index in [1.807, 2.05) is 26.2 Å². The van der Waals surface area contributed by atoms with Crippen LogP contribution in [0.25, 0.3) is 0 Å². The van der Waals surface area contributed by atoms with E-state index in [9.17, 15) is 9.59 Å². The monoisotopic (exact) mass is 404 g/mol. The lowest BCUT2D eigenvalue weighted by molar-refractivity contribution is 0.0729. The largest absolute Gasteiger partial charge is 0.395 e. The van der Waals surface area contributed by atoms with Crippen molar-refractivity contribution in [3.05, 3.63) is 33.7 Å². The van der Waals surface area contributed by atoms with Gasteiger partial charge in [-0.15, -0.1) is 0 Å². The minimum absolute atomic E-state index is 0.162. The number of amides is 1. The van der Waals surface area contributed by atoms with E-state index in [0.29, 0.717) is 30.5 Å². The molecule has 29 heavy (non-hydrogen) atoms. The van der Waals surface area contributed by atoms with Crippen LogP contribution in [-0.4, -0.2) is 78.3 Å². The number of aliphatic hydroxyl groups excluding tert-OH is 1. The third-order valence-corrected chi connectivity index (χ3v) is 6.44. The van der Waals surface area contributed by atoms with E-state index in [1.54, 1.807) is 9.47 Å². The van der Waals surface area contributed by atoms with E-state index in [4.69, 9.17) is 5.11 Å². The number of carbonyl (C=O) groups excluding carboxylic acids is 1. The fourth-order valence-electron chi connectivity index (χ4n) is 4.62. The molecule has 0 radical (unpaired) electrons. The Morgan fingerprint density at radius 2 is 2.03 bits per heavy atom. The third-order valence-electron chi connectivity index (χ3n) is 6.44. The SMILES string of the molecule is Cc1ccn(CC2CCCNC2)c(=O)c1C(=O)N(C)CC1CCN(CCO)CC1. The fraction of sp³-hybridized carbons (Fsp3) is 0.727. The first kappa shape index (κ1) is 22.0. The molecule has 3 rings (SSSR count). The molecule has 0 aromatic carbocycles. The number of aliphatic hydroxyl groups is 1. The molecule has 1 amide bonds. The zero-order chi connectivity index (χ0) is 20.8. The van der Waals surface area contributed by atoms with Crippen LogP contribution >= 0.6 is 0 Å². The third kappa shape index (κ3) is 5.68. The highest BCUT2D eigenvalue weighted by atomic mass is 16.3. The Kier molecular flexibility index (Phi) is 7.86. The first-order valence-electron chi connectivity index (χ1n) is 11.0. The summed E-state index contributed by atoms with van der Waals surface area (Å²) in [6, 6.07) is 1.89. The van der Waals surface area contributed by atoms with Gasteiger partial charge in [0.2, 0.25) is 0 Å². The van der Waals surface area contributed by atoms with Gasteiger partial charge in [0.15, 0.2) is 0 Å². The number of carbonyl (C=O) groups is 1. The van der Waals surface area contributed by atoms with E-state index in [2.05, 4.69) is 10.2 Å². The number of β-amino-alcohol motifs (C(OH)–C–C–N with tert-alkyl or cyclic N) is 1. The summed E-state index contributed by atoms with van der Waals surface area (Å²) in [5, 5.41) is 12.5. The molecule has 1 aromatic heterocycles. The fourth-order valence-corrected chi connectivity index (χ4v) is 4.62. The van der Waals surface area contributed by atoms with Crippen molar-refractivity contribution in [1.82, 2.24) is 19.7 Å². The minimum atomic E-state index is -0.165. The molecule has 0 aliphatic carbocycles. The normalized spacial score (nSPS) is 21.3. The minimum Gasteiger partial charge on any atom is -0.395 e. The van der Waals surface area contributed by atoms with Gasteiger partial charge in [0.05, 0.1) is 6.61 Å². The standard InChI is InChI=1S/C22H36N4O3/c1-17-5-11-26(16-19-4-3-8-23-14-19)22(29)20(17)21(28)24(2)15-18-6-9-25(10-7-18)12-13-27/h5,11,18-19,23,27H,3-4,6-10,12-16H2,1-2H3. The molecule has 2 saturated heterocycles. The molecule has 7 heteroatoms. The number of pyridine rings is 1. The molecule has 3 heterocycles. The lowest BCUT2D eigenvalue weighted by atomic mass is 9.96. The van der Waals surface area contributed by atoms with E-state index < -0.39 is 0 Å². The molecular formula is C22H36N4O3. The number of nitrogens with zero attached hydrogens (tertiary/aromatic N) is 3. The lowest BCUT2D eigenvalue weighted by Crippen LogP contribution is -2.42. The molecule has 1 unspecified atom stereocenters. The van der Waals surface area contributed by atoms with E-state index >= 15 is 0 Å². The number of nitrogens with one attached hydrogen (secondary N) is 1. The van der Waals surface area contributed by atoms with Gasteiger partial charge in [-0.2, -0.15) is 0 Å². The highest BCUT2D eigenvalue weighted by Crippen LogP contribution is 2.19. The van der Waals surface area contributed by atoms with Crippen molar-refractivity contribution in [3.63, 3.8) is 0 Å². The molecule has 1 aromatic rings. The molecule has 2 aliphatic heterocycles. The summed E-state index contributed by atoms with van der Waals surface area (Å²) >= 11 is 0. The molecule has 0 spiro atoms. The molecular weight excluding hydrogens is 368 g/mol. The predicted octanol–water partition coefficient (Wildman–Crippen LogP) is 0.933. The van der Waals surface area contributed by atoms with Crippen molar-refractivity contribution in [2.75, 3.05) is 52.9 Å². The maximum absolute atomic E-state index is 13.1. The van der Waals surface area contributed by atoms with Gasteiger partial charge in [-0.1, -0.05) is 0 Å². The second-order valence-corrected chi connectivity index (χ2v) is 8.74. The second kappa shape index (κ2) is 10.4. The Balaban J connectivity index is 1.64. The average Bonchev–Trinajstić information content (AvgIpc) is 2.72. The van der Waals surface area contributed by atoms with E-state index in [-0.39, 0.29) is 18.1 Å². The topological polar surface area (TPSA) is 77.8 Å². The van der Waals surface area contributed by atoms with Gasteiger partial charge in [-0.3, -0.25) is 9.59 Å². The zero-order valence-corrected chi connectivity index (χ0v) is 17.9. The summed E-state index contributed by atoms with van der Waals surface area (Å²) in [5.74, 6) is 0.716. The zero-order valence-electron chi connectivity index (χ0n) is 17.9. The number of hydrogen-bond acceptors (Lipinski definition) is 5. The predicted molar refractivity (Wildman–Crippen MR) is 114 cm³/mol. The summed E-state index contributed by atoms with van der Waals surface area (Å²) in [4.78, 5) is 30.2. The molecule has 1 atom stereocenters. The number of hydrogen-bond donors (Lipinski definition) is 2. The number of rotatable bonds is 7. The molecule has 2 N–H and O–H groups in total. The molecule has 0 bridgehead atoms. The van der Waals surface area contributed by atoms with E-state index in [0.717, 1.165) is 64.0 Å². The molecule has 7 nitrogen and oxygen atoms in total. The Labute approximate surface area is 173 Å². The van der Waals surface area contributed by atoms with Gasteiger partial charge < -0.3 is 24.8 Å². The summed E-state index contributed by atoms with van der Waals surface area (Å²) in [5.41, 5.74) is 0.907. The van der Waals surface area contributed by atoms with Crippen LogP contribution in [0.1, 0.15) is 41.6 Å². The highest BCUT2D eigenvalue weighted by molar-refractivity contribution is 5.95. The highest BCUT2D eigenvalue weighted by Gasteiger charge is 2.25. The van der Waals surface area contributed by atoms with Crippen LogP contribution in [0, 0.1) is 18.8 Å². The van der Waals surface area contributed by atoms with Gasteiger partial charge >= 0.3 is 0 Å². The summed E-state index contributed by atoms with van der Waals surface area (Å²) in [7, 11) is 1.81. The van der Waals surface area contributed by atoms with Gasteiger partial charge in [0.1, 0.15) is 5.56 Å². The van der Waals surface area contributed by atoms with Gasteiger partial charge in [0.25, 0.3) is 11.5 Å². The lowest BCUT2D eigenvalue weighted by Gasteiger charge is -2.33. The van der Waals surface area contributed by atoms with E-state index in [1.165, 1.54) is 0 Å². The number of piperidine rings is 2. The van der Waals surface area contributed by atoms with Crippen molar-refractivity contribution in [2.45, 2.75) is 39.2 Å². The molecule has 0 saturated carbocycles. The van der Waals surface area contributed by atoms with Crippen LogP contribution < -0.4 is 10.9 Å². The second-order valence-electron chi connectivity index (χ2n) is 8.74. The van der Waals surface area contributed by atoms with Crippen LogP contribution in [-0.2, 0) is 6.54 Å². The Morgan fingerprint density at radius 3 is 2.69 bits per heavy atom. The quantitative estimate of drug-likeness (QED) is 0.707. The summed E-state index contributed by atoms with van der Waals surface area (Å²) < 4.78 is 1.72. The van der Waals surface area contributed by atoms with Crippen molar-refractivity contribution in [3.8, 4) is 0 Å². The smallest absolute Gasteiger partial charge is 0.263 e. The van der Waals surface area contributed by atoms with Crippen molar-refractivity contribution < 1.29 is 9.90 Å². The maximum Gasteiger partial charge on any atom is 0.263 e.